The molecule has 0 aromatic carbocycles. The number of nitrogens with zero attached hydrogens (tertiary/aromatic N) is 4. The minimum absolute atomic E-state index is 0.141. The first kappa shape index (κ1) is 12.4. The molecule has 0 bridgehead atoms. The fourth-order valence-corrected chi connectivity index (χ4v) is 0.668. The molecule has 0 heterocycles. The SMILES string of the molecule is CCC(C)([N+]([O-])=NOC)[N+]([O-])=NOC. The topological polar surface area (TPSA) is 95.3 Å². The summed E-state index contributed by atoms with van der Waals surface area (Å²) >= 11 is 0. The summed E-state index contributed by atoms with van der Waals surface area (Å²) in [6.07, 6.45) is 0.208. The Balaban J connectivity index is 4.97. The van der Waals surface area contributed by atoms with Gasteiger partial charge in [-0.25, -0.2) is 0 Å². The van der Waals surface area contributed by atoms with E-state index in [0.717, 1.165) is 0 Å². The second-order valence-corrected chi connectivity index (χ2v) is 2.64. The van der Waals surface area contributed by atoms with Crippen LogP contribution < -0.4 is 0 Å². The number of hydrogen-bond acceptors (Lipinski definition) is 6. The molecule has 0 aromatic rings. The highest BCUT2D eigenvalue weighted by molar-refractivity contribution is 4.53. The van der Waals surface area contributed by atoms with Crippen molar-refractivity contribution in [3.63, 3.8) is 0 Å². The van der Waals surface area contributed by atoms with E-state index in [4.69, 9.17) is 0 Å². The van der Waals surface area contributed by atoms with Gasteiger partial charge in [0, 0.05) is 9.72 Å². The van der Waals surface area contributed by atoms with Gasteiger partial charge < -0.3 is 20.1 Å². The van der Waals surface area contributed by atoms with Gasteiger partial charge >= 0.3 is 5.66 Å². The Labute approximate surface area is 81.5 Å². The van der Waals surface area contributed by atoms with Crippen molar-refractivity contribution in [2.75, 3.05) is 14.2 Å². The van der Waals surface area contributed by atoms with Crippen LogP contribution in [0.3, 0.4) is 0 Å². The Morgan fingerprint density at radius 3 is 1.71 bits per heavy atom. The molecule has 0 aromatic heterocycles. The third-order valence-corrected chi connectivity index (χ3v) is 1.81. The second kappa shape index (κ2) is 5.20. The summed E-state index contributed by atoms with van der Waals surface area (Å²) in [6.45, 7) is 3.02. The maximum Gasteiger partial charge on any atom is 0.421 e. The van der Waals surface area contributed by atoms with E-state index in [1.807, 2.05) is 0 Å². The zero-order valence-corrected chi connectivity index (χ0v) is 8.63. The number of hydrogen-bond donors (Lipinski definition) is 0. The first-order chi connectivity index (χ1) is 6.52. The van der Waals surface area contributed by atoms with E-state index >= 15 is 0 Å². The molecular weight excluding hydrogens is 192 g/mol. The van der Waals surface area contributed by atoms with Crippen LogP contribution in [0.5, 0.6) is 0 Å². The fraction of sp³-hybridized carbons (Fsp3) is 1.00. The molecule has 0 aliphatic heterocycles. The quantitative estimate of drug-likeness (QED) is 0.292. The molecule has 14 heavy (non-hydrogen) atoms. The van der Waals surface area contributed by atoms with Crippen LogP contribution in [0.25, 0.3) is 0 Å². The van der Waals surface area contributed by atoms with Crippen LogP contribution in [-0.4, -0.2) is 29.6 Å². The van der Waals surface area contributed by atoms with Gasteiger partial charge in [-0.3, -0.25) is 0 Å². The highest BCUT2D eigenvalue weighted by atomic mass is 16.7. The van der Waals surface area contributed by atoms with E-state index in [1.165, 1.54) is 21.1 Å². The molecule has 0 aliphatic rings. The summed E-state index contributed by atoms with van der Waals surface area (Å²) in [4.78, 5) is 8.82. The summed E-state index contributed by atoms with van der Waals surface area (Å²) in [5.74, 6) is 0. The van der Waals surface area contributed by atoms with E-state index in [9.17, 15) is 10.4 Å². The van der Waals surface area contributed by atoms with Crippen molar-refractivity contribution in [2.24, 2.45) is 10.6 Å². The molecule has 0 radical (unpaired) electrons. The zero-order valence-electron chi connectivity index (χ0n) is 8.63. The van der Waals surface area contributed by atoms with Crippen LogP contribution in [0.1, 0.15) is 20.3 Å². The van der Waals surface area contributed by atoms with Crippen molar-refractivity contribution in [3.8, 4) is 0 Å². The molecule has 0 fully saturated rings. The molecule has 0 rings (SSSR count). The van der Waals surface area contributed by atoms with Gasteiger partial charge in [0.1, 0.15) is 14.2 Å². The molecule has 0 amide bonds. The maximum absolute atomic E-state index is 11.3. The normalized spacial score (nSPS) is 17.4. The Kier molecular flexibility index (Phi) is 4.60. The van der Waals surface area contributed by atoms with Crippen molar-refractivity contribution < 1.29 is 19.4 Å². The summed E-state index contributed by atoms with van der Waals surface area (Å²) in [6, 6.07) is 0. The highest BCUT2D eigenvalue weighted by Gasteiger charge is 2.45. The molecule has 8 nitrogen and oxygen atoms in total. The molecule has 0 N–H and O–H groups in total. The third kappa shape index (κ3) is 2.44. The lowest BCUT2D eigenvalue weighted by atomic mass is 10.2. The van der Waals surface area contributed by atoms with Crippen LogP contribution in [0.15, 0.2) is 10.6 Å². The molecule has 0 saturated carbocycles. The summed E-state index contributed by atoms with van der Waals surface area (Å²) in [5, 5.41) is 28.7. The monoisotopic (exact) mass is 206 g/mol. The third-order valence-electron chi connectivity index (χ3n) is 1.81. The van der Waals surface area contributed by atoms with Gasteiger partial charge in [-0.15, -0.1) is 0 Å². The summed E-state index contributed by atoms with van der Waals surface area (Å²) in [5.41, 5.74) is -1.47. The summed E-state index contributed by atoms with van der Waals surface area (Å²) < 4.78 is 0. The predicted molar refractivity (Wildman–Crippen MR) is 44.8 cm³/mol. The Morgan fingerprint density at radius 1 is 1.14 bits per heavy atom. The van der Waals surface area contributed by atoms with Crippen LogP contribution in [0.2, 0.25) is 0 Å². The second-order valence-electron chi connectivity index (χ2n) is 2.64. The fourth-order valence-electron chi connectivity index (χ4n) is 0.668. The largest absolute Gasteiger partial charge is 0.592 e. The molecule has 0 unspecified atom stereocenters. The predicted octanol–water partition coefficient (Wildman–Crippen LogP) is 1.16. The molecule has 0 atom stereocenters. The number of rotatable bonds is 5. The van der Waals surface area contributed by atoms with E-state index in [0.29, 0.717) is 0 Å². The van der Waals surface area contributed by atoms with Crippen molar-refractivity contribution in [1.82, 2.24) is 0 Å². The Bertz CT molecular complexity index is 220. The lowest BCUT2D eigenvalue weighted by Gasteiger charge is -2.17. The van der Waals surface area contributed by atoms with Crippen LogP contribution in [0.4, 0.5) is 0 Å². The number of hydroxylamine groups is 2. The van der Waals surface area contributed by atoms with Crippen molar-refractivity contribution in [2.45, 2.75) is 25.9 Å². The summed E-state index contributed by atoms with van der Waals surface area (Å²) in [7, 11) is 2.42. The van der Waals surface area contributed by atoms with Crippen LogP contribution in [0, 0.1) is 10.4 Å². The van der Waals surface area contributed by atoms with Crippen molar-refractivity contribution in [1.29, 1.82) is 0 Å². The van der Waals surface area contributed by atoms with Gasteiger partial charge in [0.25, 0.3) is 0 Å². The first-order valence-corrected chi connectivity index (χ1v) is 3.95. The first-order valence-electron chi connectivity index (χ1n) is 3.95. The molecule has 0 spiro atoms. The van der Waals surface area contributed by atoms with Gasteiger partial charge in [0.05, 0.1) is 13.3 Å². The Morgan fingerprint density at radius 2 is 1.50 bits per heavy atom. The molecule has 8 heteroatoms. The molecule has 0 saturated heterocycles. The molecule has 82 valence electrons. The van der Waals surface area contributed by atoms with Gasteiger partial charge in [-0.05, 0) is 0 Å². The molecular formula is C6H14N4O4. The minimum Gasteiger partial charge on any atom is -0.592 e. The van der Waals surface area contributed by atoms with Crippen molar-refractivity contribution in [3.05, 3.63) is 10.4 Å². The van der Waals surface area contributed by atoms with Gasteiger partial charge in [0.15, 0.2) is 0 Å². The highest BCUT2D eigenvalue weighted by Crippen LogP contribution is 2.16. The zero-order chi connectivity index (χ0) is 11.2. The standard InChI is InChI=1S/C6H14N4O4/c1-5-6(2,9(11)7-13-3)10(12)8-14-4/h5H2,1-4H3. The maximum atomic E-state index is 11.3. The lowest BCUT2D eigenvalue weighted by Crippen LogP contribution is -2.43. The smallest absolute Gasteiger partial charge is 0.421 e. The van der Waals surface area contributed by atoms with Crippen molar-refractivity contribution >= 4 is 0 Å². The van der Waals surface area contributed by atoms with E-state index in [-0.39, 0.29) is 16.1 Å². The lowest BCUT2D eigenvalue weighted by molar-refractivity contribution is -0.842. The van der Waals surface area contributed by atoms with Crippen LogP contribution in [-0.2, 0) is 9.68 Å². The van der Waals surface area contributed by atoms with Crippen LogP contribution >= 0.6 is 0 Å². The minimum atomic E-state index is -1.47. The average Bonchev–Trinajstić information content (AvgIpc) is 2.17. The van der Waals surface area contributed by atoms with E-state index < -0.39 is 5.66 Å². The van der Waals surface area contributed by atoms with Gasteiger partial charge in [-0.1, -0.05) is 6.92 Å². The van der Waals surface area contributed by atoms with Gasteiger partial charge in [0.2, 0.25) is 10.6 Å². The van der Waals surface area contributed by atoms with Gasteiger partial charge in [-0.2, -0.15) is 0 Å². The van der Waals surface area contributed by atoms with E-state index in [1.54, 1.807) is 6.92 Å². The van der Waals surface area contributed by atoms with E-state index in [2.05, 4.69) is 20.2 Å². The Hall–Kier alpha value is -1.60. The average molecular weight is 206 g/mol. The molecule has 0 aliphatic carbocycles.